The number of carbonyl (C=O) groups is 2. The lowest BCUT2D eigenvalue weighted by atomic mass is 10.1. The smallest absolute Gasteiger partial charge is 0.305 e. The Kier molecular flexibility index (Phi) is 21.3. The first-order valence-electron chi connectivity index (χ1n) is 11.2. The average molecular weight is 403 g/mol. The van der Waals surface area contributed by atoms with E-state index in [1.165, 1.54) is 0 Å². The van der Waals surface area contributed by atoms with E-state index in [1.54, 1.807) is 0 Å². The molecule has 0 radical (unpaired) electrons. The molecular weight excluding hydrogens is 360 g/mol. The minimum atomic E-state index is -0.147. The van der Waals surface area contributed by atoms with Crippen molar-refractivity contribution in [3.05, 3.63) is 0 Å². The third kappa shape index (κ3) is 21.2. The molecule has 0 rings (SSSR count). The molecule has 0 aromatic heterocycles. The minimum Gasteiger partial charge on any atom is -0.466 e. The summed E-state index contributed by atoms with van der Waals surface area (Å²) in [6, 6.07) is 0. The molecule has 0 aliphatic rings. The van der Waals surface area contributed by atoms with Gasteiger partial charge in [0.15, 0.2) is 0 Å². The Bertz CT molecular complexity index is 325. The highest BCUT2D eigenvalue weighted by atomic mass is 16.5. The average Bonchev–Trinajstić information content (AvgIpc) is 2.69. The second kappa shape index (κ2) is 22.2. The monoisotopic (exact) mass is 402 g/mol. The molecule has 0 aliphatic carbocycles. The Morgan fingerprint density at radius 1 is 0.464 bits per heavy atom. The first-order chi connectivity index (χ1) is 13.7. The Balaban J connectivity index is 3.28. The van der Waals surface area contributed by atoms with Crippen molar-refractivity contribution in [1.29, 1.82) is 0 Å². The van der Waals surface area contributed by atoms with Crippen LogP contribution in [0.25, 0.3) is 0 Å². The molecule has 0 unspecified atom stereocenters. The number of unbranched alkanes of at least 4 members (excludes halogenated alkanes) is 11. The largest absolute Gasteiger partial charge is 0.466 e. The van der Waals surface area contributed by atoms with Gasteiger partial charge in [-0.15, -0.1) is 0 Å². The molecule has 6 heteroatoms. The van der Waals surface area contributed by atoms with Gasteiger partial charge in [0.2, 0.25) is 0 Å². The molecule has 166 valence electrons. The number of rotatable bonds is 21. The number of aliphatic hydroxyl groups excluding tert-OH is 2. The van der Waals surface area contributed by atoms with Crippen LogP contribution >= 0.6 is 0 Å². The molecule has 0 atom stereocenters. The van der Waals surface area contributed by atoms with E-state index in [0.29, 0.717) is 38.9 Å². The molecule has 0 saturated heterocycles. The summed E-state index contributed by atoms with van der Waals surface area (Å²) in [5.41, 5.74) is 0. The summed E-state index contributed by atoms with van der Waals surface area (Å²) in [5.74, 6) is -0.294. The molecule has 0 bridgehead atoms. The number of carbonyl (C=O) groups excluding carboxylic acids is 2. The van der Waals surface area contributed by atoms with Gasteiger partial charge in [0, 0.05) is 26.1 Å². The van der Waals surface area contributed by atoms with Gasteiger partial charge in [0.05, 0.1) is 13.2 Å². The van der Waals surface area contributed by atoms with Gasteiger partial charge in [0.1, 0.15) is 0 Å². The molecule has 0 heterocycles. The molecule has 6 nitrogen and oxygen atoms in total. The predicted molar refractivity (Wildman–Crippen MR) is 110 cm³/mol. The number of esters is 2. The quantitative estimate of drug-likeness (QED) is 0.220. The van der Waals surface area contributed by atoms with E-state index in [1.807, 2.05) is 0 Å². The van der Waals surface area contributed by atoms with Gasteiger partial charge >= 0.3 is 11.9 Å². The van der Waals surface area contributed by atoms with Crippen LogP contribution in [0.4, 0.5) is 0 Å². The van der Waals surface area contributed by atoms with Crippen LogP contribution in [0, 0.1) is 0 Å². The molecular formula is C22H42O6. The van der Waals surface area contributed by atoms with E-state index in [4.69, 9.17) is 19.7 Å². The first kappa shape index (κ1) is 26.9. The molecule has 0 spiro atoms. The van der Waals surface area contributed by atoms with Crippen molar-refractivity contribution in [1.82, 2.24) is 0 Å². The maximum absolute atomic E-state index is 11.6. The Morgan fingerprint density at radius 2 is 0.786 bits per heavy atom. The van der Waals surface area contributed by atoms with Gasteiger partial charge in [-0.3, -0.25) is 9.59 Å². The molecule has 0 fully saturated rings. The molecule has 2 N–H and O–H groups in total. The fourth-order valence-corrected chi connectivity index (χ4v) is 2.90. The van der Waals surface area contributed by atoms with Gasteiger partial charge in [-0.2, -0.15) is 0 Å². The van der Waals surface area contributed by atoms with E-state index in [9.17, 15) is 9.59 Å². The van der Waals surface area contributed by atoms with Gasteiger partial charge in [-0.1, -0.05) is 51.4 Å². The summed E-state index contributed by atoms with van der Waals surface area (Å²) in [6.07, 6.45) is 14.4. The van der Waals surface area contributed by atoms with Gasteiger partial charge in [0.25, 0.3) is 0 Å². The van der Waals surface area contributed by atoms with Crippen molar-refractivity contribution in [2.75, 3.05) is 26.4 Å². The van der Waals surface area contributed by atoms with Crippen molar-refractivity contribution in [3.63, 3.8) is 0 Å². The highest BCUT2D eigenvalue weighted by Gasteiger charge is 2.04. The molecule has 0 saturated carbocycles. The van der Waals surface area contributed by atoms with Crippen molar-refractivity contribution < 1.29 is 29.3 Å². The third-order valence-electron chi connectivity index (χ3n) is 4.64. The minimum absolute atomic E-state index is 0.147. The van der Waals surface area contributed by atoms with Crippen molar-refractivity contribution in [2.45, 2.75) is 103 Å². The van der Waals surface area contributed by atoms with Crippen LogP contribution in [0.1, 0.15) is 103 Å². The highest BCUT2D eigenvalue weighted by Crippen LogP contribution is 2.09. The van der Waals surface area contributed by atoms with Crippen LogP contribution in [-0.4, -0.2) is 48.6 Å². The predicted octanol–water partition coefficient (Wildman–Crippen LogP) is 4.30. The van der Waals surface area contributed by atoms with E-state index < -0.39 is 0 Å². The summed E-state index contributed by atoms with van der Waals surface area (Å²) in [4.78, 5) is 23.2. The van der Waals surface area contributed by atoms with Crippen LogP contribution in [0.2, 0.25) is 0 Å². The summed E-state index contributed by atoms with van der Waals surface area (Å²) >= 11 is 0. The molecule has 0 aromatic rings. The Morgan fingerprint density at radius 3 is 1.14 bits per heavy atom. The lowest BCUT2D eigenvalue weighted by Gasteiger charge is -2.06. The number of hydrogen-bond donors (Lipinski definition) is 2. The highest BCUT2D eigenvalue weighted by molar-refractivity contribution is 5.69. The zero-order valence-corrected chi connectivity index (χ0v) is 17.7. The zero-order chi connectivity index (χ0) is 20.7. The van der Waals surface area contributed by atoms with E-state index in [2.05, 4.69) is 0 Å². The van der Waals surface area contributed by atoms with Crippen molar-refractivity contribution >= 4 is 11.9 Å². The van der Waals surface area contributed by atoms with Crippen molar-refractivity contribution in [2.24, 2.45) is 0 Å². The van der Waals surface area contributed by atoms with Crippen LogP contribution in [-0.2, 0) is 19.1 Å². The Labute approximate surface area is 171 Å². The Hall–Kier alpha value is -1.14. The summed E-state index contributed by atoms with van der Waals surface area (Å²) in [7, 11) is 0. The van der Waals surface area contributed by atoms with Crippen LogP contribution in [0.3, 0.4) is 0 Å². The van der Waals surface area contributed by atoms with Crippen LogP contribution in [0.5, 0.6) is 0 Å². The topological polar surface area (TPSA) is 93.1 Å². The van der Waals surface area contributed by atoms with Crippen LogP contribution < -0.4 is 0 Å². The van der Waals surface area contributed by atoms with Crippen LogP contribution in [0.15, 0.2) is 0 Å². The molecule has 0 aliphatic heterocycles. The molecule has 28 heavy (non-hydrogen) atoms. The van der Waals surface area contributed by atoms with E-state index in [0.717, 1.165) is 77.0 Å². The second-order valence-corrected chi connectivity index (χ2v) is 7.34. The number of hydrogen-bond acceptors (Lipinski definition) is 6. The fraction of sp³-hybridized carbons (Fsp3) is 0.909. The lowest BCUT2D eigenvalue weighted by molar-refractivity contribution is -0.146. The number of ether oxygens (including phenoxy) is 2. The standard InChI is InChI=1S/C22H42O6/c23-17-11-7-3-1-5-9-15-21(25)27-19-13-14-20-28-22(26)16-10-6-2-4-8-12-18-24/h23-24H,1-20H2. The SMILES string of the molecule is O=C(CCCCCCCCO)OCCCCOC(=O)CCCCCCCCO. The molecule has 0 aromatic carbocycles. The summed E-state index contributed by atoms with van der Waals surface area (Å²) in [6.45, 7) is 1.30. The maximum Gasteiger partial charge on any atom is 0.305 e. The maximum atomic E-state index is 11.6. The van der Waals surface area contributed by atoms with E-state index >= 15 is 0 Å². The normalized spacial score (nSPS) is 10.8. The van der Waals surface area contributed by atoms with Crippen molar-refractivity contribution in [3.8, 4) is 0 Å². The lowest BCUT2D eigenvalue weighted by Crippen LogP contribution is -2.08. The third-order valence-corrected chi connectivity index (χ3v) is 4.64. The van der Waals surface area contributed by atoms with Gasteiger partial charge in [-0.25, -0.2) is 0 Å². The first-order valence-corrected chi connectivity index (χ1v) is 11.2. The summed E-state index contributed by atoms with van der Waals surface area (Å²) < 4.78 is 10.4. The van der Waals surface area contributed by atoms with Gasteiger partial charge in [-0.05, 0) is 38.5 Å². The second-order valence-electron chi connectivity index (χ2n) is 7.34. The fourth-order valence-electron chi connectivity index (χ4n) is 2.90. The zero-order valence-electron chi connectivity index (χ0n) is 17.7. The molecule has 0 amide bonds. The summed E-state index contributed by atoms with van der Waals surface area (Å²) in [5, 5.41) is 17.4. The van der Waals surface area contributed by atoms with Gasteiger partial charge < -0.3 is 19.7 Å². The number of aliphatic hydroxyl groups is 2. The van der Waals surface area contributed by atoms with E-state index in [-0.39, 0.29) is 25.2 Å².